The number of nitrogens with two attached hydrogens (primary N) is 1. The minimum Gasteiger partial charge on any atom is -0.468 e. The Labute approximate surface area is 101 Å². The maximum atomic E-state index is 13.2. The predicted molar refractivity (Wildman–Crippen MR) is 60.3 cm³/mol. The van der Waals surface area contributed by atoms with E-state index in [4.69, 9.17) is 5.73 Å². The van der Waals surface area contributed by atoms with E-state index in [1.165, 1.54) is 25.3 Å². The van der Waals surface area contributed by atoms with Gasteiger partial charge in [-0.25, -0.2) is 4.39 Å². The Morgan fingerprint density at radius 2 is 2.20 bits per heavy atom. The number of esters is 1. The molecule has 1 rings (SSSR count). The standard InChI is InChI=1S/C9H9BrFNO2.ClH/c1-14-9(13)8(12)6-4-5(10)2-3-7(6)11;/h2-4,8H,12H2,1H3;1H/t8-;/m1./s1. The first-order valence-corrected chi connectivity index (χ1v) is 4.64. The summed E-state index contributed by atoms with van der Waals surface area (Å²) in [6.45, 7) is 0. The summed E-state index contributed by atoms with van der Waals surface area (Å²) in [6, 6.07) is 3.14. The highest BCUT2D eigenvalue weighted by Gasteiger charge is 2.19. The Morgan fingerprint density at radius 3 is 2.73 bits per heavy atom. The quantitative estimate of drug-likeness (QED) is 0.852. The lowest BCUT2D eigenvalue weighted by Gasteiger charge is -2.10. The first-order chi connectivity index (χ1) is 6.56. The molecule has 84 valence electrons. The van der Waals surface area contributed by atoms with E-state index < -0.39 is 17.8 Å². The molecule has 0 aliphatic rings. The Hall–Kier alpha value is -0.650. The molecule has 0 saturated heterocycles. The van der Waals surface area contributed by atoms with Crippen molar-refractivity contribution in [1.29, 1.82) is 0 Å². The van der Waals surface area contributed by atoms with Crippen molar-refractivity contribution in [2.24, 2.45) is 5.73 Å². The average molecular weight is 299 g/mol. The van der Waals surface area contributed by atoms with Crippen LogP contribution in [0.1, 0.15) is 11.6 Å². The van der Waals surface area contributed by atoms with Crippen LogP contribution in [-0.4, -0.2) is 13.1 Å². The number of ether oxygens (including phenoxy) is 1. The molecule has 0 radical (unpaired) electrons. The highest BCUT2D eigenvalue weighted by molar-refractivity contribution is 9.10. The summed E-state index contributed by atoms with van der Waals surface area (Å²) in [6.07, 6.45) is 0. The monoisotopic (exact) mass is 297 g/mol. The van der Waals surface area contributed by atoms with Crippen LogP contribution in [0.3, 0.4) is 0 Å². The van der Waals surface area contributed by atoms with Crippen LogP contribution in [0.15, 0.2) is 22.7 Å². The Kier molecular flexibility index (Phi) is 5.79. The molecule has 0 saturated carbocycles. The molecule has 0 aliphatic carbocycles. The van der Waals surface area contributed by atoms with Crippen molar-refractivity contribution in [3.05, 3.63) is 34.1 Å². The lowest BCUT2D eigenvalue weighted by molar-refractivity contribution is -0.142. The molecule has 15 heavy (non-hydrogen) atoms. The van der Waals surface area contributed by atoms with Gasteiger partial charge in [-0.3, -0.25) is 4.79 Å². The van der Waals surface area contributed by atoms with Gasteiger partial charge < -0.3 is 10.5 Å². The largest absolute Gasteiger partial charge is 0.468 e. The third-order valence-corrected chi connectivity index (χ3v) is 2.24. The topological polar surface area (TPSA) is 52.3 Å². The van der Waals surface area contributed by atoms with E-state index in [0.29, 0.717) is 4.47 Å². The van der Waals surface area contributed by atoms with E-state index >= 15 is 0 Å². The second kappa shape index (κ2) is 6.05. The fraction of sp³-hybridized carbons (Fsp3) is 0.222. The van der Waals surface area contributed by atoms with E-state index in [0.717, 1.165) is 0 Å². The van der Waals surface area contributed by atoms with Crippen LogP contribution >= 0.6 is 28.3 Å². The summed E-state index contributed by atoms with van der Waals surface area (Å²) in [5, 5.41) is 0. The molecule has 3 nitrogen and oxygen atoms in total. The first-order valence-electron chi connectivity index (χ1n) is 3.84. The van der Waals surface area contributed by atoms with Gasteiger partial charge in [0.2, 0.25) is 0 Å². The molecule has 0 spiro atoms. The van der Waals surface area contributed by atoms with Gasteiger partial charge in [-0.15, -0.1) is 12.4 Å². The molecule has 0 heterocycles. The molecule has 0 aromatic heterocycles. The van der Waals surface area contributed by atoms with Gasteiger partial charge in [0.1, 0.15) is 11.9 Å². The van der Waals surface area contributed by atoms with Crippen molar-refractivity contribution in [2.75, 3.05) is 7.11 Å². The third kappa shape index (κ3) is 3.44. The van der Waals surface area contributed by atoms with Crippen molar-refractivity contribution in [3.8, 4) is 0 Å². The lowest BCUT2D eigenvalue weighted by atomic mass is 10.1. The lowest BCUT2D eigenvalue weighted by Crippen LogP contribution is -2.23. The van der Waals surface area contributed by atoms with E-state index in [2.05, 4.69) is 20.7 Å². The third-order valence-electron chi connectivity index (χ3n) is 1.75. The molecule has 6 heteroatoms. The van der Waals surface area contributed by atoms with Crippen molar-refractivity contribution in [3.63, 3.8) is 0 Å². The highest BCUT2D eigenvalue weighted by Crippen LogP contribution is 2.20. The zero-order valence-corrected chi connectivity index (χ0v) is 10.3. The van der Waals surface area contributed by atoms with Gasteiger partial charge in [0.05, 0.1) is 7.11 Å². The zero-order valence-electron chi connectivity index (χ0n) is 7.87. The van der Waals surface area contributed by atoms with Crippen LogP contribution in [0.4, 0.5) is 4.39 Å². The van der Waals surface area contributed by atoms with Gasteiger partial charge >= 0.3 is 5.97 Å². The van der Waals surface area contributed by atoms with Gasteiger partial charge in [-0.2, -0.15) is 0 Å². The number of methoxy groups -OCH3 is 1. The van der Waals surface area contributed by atoms with Crippen molar-refractivity contribution in [1.82, 2.24) is 0 Å². The maximum Gasteiger partial charge on any atom is 0.327 e. The van der Waals surface area contributed by atoms with E-state index in [9.17, 15) is 9.18 Å². The molecule has 0 amide bonds. The number of carbonyl (C=O) groups is 1. The SMILES string of the molecule is COC(=O)[C@H](N)c1cc(Br)ccc1F.Cl. The summed E-state index contributed by atoms with van der Waals surface area (Å²) in [7, 11) is 1.21. The molecule has 1 aromatic rings. The van der Waals surface area contributed by atoms with Crippen molar-refractivity contribution in [2.45, 2.75) is 6.04 Å². The number of rotatable bonds is 2. The summed E-state index contributed by atoms with van der Waals surface area (Å²) < 4.78 is 18.3. The Bertz CT molecular complexity index is 362. The van der Waals surface area contributed by atoms with Crippen molar-refractivity contribution < 1.29 is 13.9 Å². The number of halogens is 3. The number of carbonyl (C=O) groups excluding carboxylic acids is 1. The molecular weight excluding hydrogens is 288 g/mol. The number of hydrogen-bond donors (Lipinski definition) is 1. The number of hydrogen-bond acceptors (Lipinski definition) is 3. The summed E-state index contributed by atoms with van der Waals surface area (Å²) in [5.74, 6) is -1.19. The van der Waals surface area contributed by atoms with Crippen LogP contribution in [0.5, 0.6) is 0 Å². The zero-order chi connectivity index (χ0) is 10.7. The molecule has 1 aromatic carbocycles. The van der Waals surface area contributed by atoms with E-state index in [-0.39, 0.29) is 18.0 Å². The summed E-state index contributed by atoms with van der Waals surface area (Å²) in [5.41, 5.74) is 5.60. The molecule has 2 N–H and O–H groups in total. The smallest absolute Gasteiger partial charge is 0.327 e. The van der Waals surface area contributed by atoms with Crippen LogP contribution in [0.2, 0.25) is 0 Å². The summed E-state index contributed by atoms with van der Waals surface area (Å²) in [4.78, 5) is 11.0. The molecule has 0 fully saturated rings. The molecule has 0 aliphatic heterocycles. The molecule has 0 unspecified atom stereocenters. The fourth-order valence-corrected chi connectivity index (χ4v) is 1.39. The Morgan fingerprint density at radius 1 is 1.60 bits per heavy atom. The molecule has 1 atom stereocenters. The normalized spacial score (nSPS) is 11.5. The highest BCUT2D eigenvalue weighted by atomic mass is 79.9. The second-order valence-corrected chi connectivity index (χ2v) is 3.58. The van der Waals surface area contributed by atoms with E-state index in [1.807, 2.05) is 0 Å². The fourth-order valence-electron chi connectivity index (χ4n) is 1.01. The van der Waals surface area contributed by atoms with Gasteiger partial charge in [0.25, 0.3) is 0 Å². The first kappa shape index (κ1) is 14.3. The second-order valence-electron chi connectivity index (χ2n) is 2.67. The molecule has 0 bridgehead atoms. The van der Waals surface area contributed by atoms with Crippen LogP contribution in [0.25, 0.3) is 0 Å². The minimum absolute atomic E-state index is 0. The van der Waals surface area contributed by atoms with Gasteiger partial charge in [-0.1, -0.05) is 15.9 Å². The molecular formula is C9H10BrClFNO2. The summed E-state index contributed by atoms with van der Waals surface area (Å²) >= 11 is 3.16. The van der Waals surface area contributed by atoms with Crippen molar-refractivity contribution >= 4 is 34.3 Å². The predicted octanol–water partition coefficient (Wildman–Crippen LogP) is 2.18. The van der Waals surface area contributed by atoms with Gasteiger partial charge in [0.15, 0.2) is 0 Å². The van der Waals surface area contributed by atoms with Crippen LogP contribution in [0, 0.1) is 5.82 Å². The maximum absolute atomic E-state index is 13.2. The number of benzene rings is 1. The Balaban J connectivity index is 0.00000196. The van der Waals surface area contributed by atoms with Crippen LogP contribution < -0.4 is 5.73 Å². The average Bonchev–Trinajstić information content (AvgIpc) is 2.19. The van der Waals surface area contributed by atoms with Crippen LogP contribution in [-0.2, 0) is 9.53 Å². The van der Waals surface area contributed by atoms with E-state index in [1.54, 1.807) is 0 Å². The van der Waals surface area contributed by atoms with Gasteiger partial charge in [0, 0.05) is 10.0 Å². The van der Waals surface area contributed by atoms with Gasteiger partial charge in [-0.05, 0) is 18.2 Å². The minimum atomic E-state index is -1.09.